The van der Waals surface area contributed by atoms with Gasteiger partial charge in [0.15, 0.2) is 5.96 Å². The van der Waals surface area contributed by atoms with Gasteiger partial charge in [-0.1, -0.05) is 0 Å². The summed E-state index contributed by atoms with van der Waals surface area (Å²) in [6.07, 6.45) is 0.447. The van der Waals surface area contributed by atoms with Crippen LogP contribution in [-0.2, 0) is 9.53 Å². The normalized spacial score (nSPS) is 16.9. The highest BCUT2D eigenvalue weighted by molar-refractivity contribution is 5.81. The molecule has 0 atom stereocenters. The molecule has 0 aromatic carbocycles. The third-order valence-corrected chi connectivity index (χ3v) is 3.14. The Morgan fingerprint density at radius 2 is 1.90 bits per heavy atom. The summed E-state index contributed by atoms with van der Waals surface area (Å²) < 4.78 is 5.32. The van der Waals surface area contributed by atoms with E-state index in [1.54, 1.807) is 7.05 Å². The first-order valence-corrected chi connectivity index (χ1v) is 7.66. The fraction of sp³-hybridized carbons (Fsp3) is 0.857. The van der Waals surface area contributed by atoms with Gasteiger partial charge in [0.25, 0.3) is 0 Å². The topological polar surface area (TPSA) is 78.0 Å². The highest BCUT2D eigenvalue weighted by Crippen LogP contribution is 1.94. The average molecular weight is 299 g/mol. The maximum atomic E-state index is 11.5. The number of nitrogens with zero attached hydrogens (tertiary/aromatic N) is 2. The molecule has 3 N–H and O–H groups in total. The van der Waals surface area contributed by atoms with Crippen molar-refractivity contribution in [3.8, 4) is 0 Å². The molecule has 0 aliphatic carbocycles. The molecular weight excluding hydrogens is 270 g/mol. The summed E-state index contributed by atoms with van der Waals surface area (Å²) in [7, 11) is 1.73. The number of rotatable bonds is 7. The van der Waals surface area contributed by atoms with Crippen molar-refractivity contribution in [2.75, 3.05) is 53.0 Å². The average Bonchev–Trinajstić information content (AvgIpc) is 2.46. The van der Waals surface area contributed by atoms with E-state index in [0.29, 0.717) is 13.0 Å². The Labute approximate surface area is 127 Å². The van der Waals surface area contributed by atoms with Gasteiger partial charge in [-0.2, -0.15) is 0 Å². The second-order valence-electron chi connectivity index (χ2n) is 5.35. The maximum absolute atomic E-state index is 11.5. The number of hydrogen-bond donors (Lipinski definition) is 3. The Hall–Kier alpha value is -1.34. The number of carbonyl (C=O) groups excluding carboxylic acids is 1. The number of carbonyl (C=O) groups is 1. The molecule has 0 saturated carbocycles. The molecule has 1 rings (SSSR count). The molecule has 1 heterocycles. The van der Waals surface area contributed by atoms with Crippen LogP contribution in [0, 0.1) is 0 Å². The Morgan fingerprint density at radius 3 is 2.52 bits per heavy atom. The fourth-order valence-electron chi connectivity index (χ4n) is 2.07. The van der Waals surface area contributed by atoms with E-state index in [1.807, 2.05) is 13.8 Å². The second kappa shape index (κ2) is 10.4. The van der Waals surface area contributed by atoms with Crippen LogP contribution in [0.5, 0.6) is 0 Å². The SMILES string of the molecule is CN=C(NCCC(=O)NC(C)C)NCCN1CCOCC1. The third-order valence-electron chi connectivity index (χ3n) is 3.14. The van der Waals surface area contributed by atoms with Crippen LogP contribution in [0.25, 0.3) is 0 Å². The predicted octanol–water partition coefficient (Wildman–Crippen LogP) is -0.602. The van der Waals surface area contributed by atoms with Gasteiger partial charge >= 0.3 is 0 Å². The number of ether oxygens (including phenoxy) is 1. The molecule has 1 aliphatic heterocycles. The van der Waals surface area contributed by atoms with Crippen LogP contribution in [0.3, 0.4) is 0 Å². The molecule has 0 spiro atoms. The minimum absolute atomic E-state index is 0.0567. The number of aliphatic imine (C=N–C) groups is 1. The molecule has 1 saturated heterocycles. The number of guanidine groups is 1. The van der Waals surface area contributed by atoms with Gasteiger partial charge in [0.1, 0.15) is 0 Å². The van der Waals surface area contributed by atoms with E-state index in [9.17, 15) is 4.79 Å². The lowest BCUT2D eigenvalue weighted by Crippen LogP contribution is -2.45. The van der Waals surface area contributed by atoms with Crippen LogP contribution in [0.15, 0.2) is 4.99 Å². The summed E-state index contributed by atoms with van der Waals surface area (Å²) in [6, 6.07) is 0.184. The van der Waals surface area contributed by atoms with Crippen LogP contribution >= 0.6 is 0 Å². The highest BCUT2D eigenvalue weighted by Gasteiger charge is 2.09. The van der Waals surface area contributed by atoms with Crippen molar-refractivity contribution in [1.29, 1.82) is 0 Å². The Balaban J connectivity index is 2.10. The molecule has 0 unspecified atom stereocenters. The first-order chi connectivity index (χ1) is 10.1. The highest BCUT2D eigenvalue weighted by atomic mass is 16.5. The second-order valence-corrected chi connectivity index (χ2v) is 5.35. The number of amides is 1. The monoisotopic (exact) mass is 299 g/mol. The lowest BCUT2D eigenvalue weighted by molar-refractivity contribution is -0.121. The van der Waals surface area contributed by atoms with Crippen LogP contribution < -0.4 is 16.0 Å². The van der Waals surface area contributed by atoms with Crippen molar-refractivity contribution in [1.82, 2.24) is 20.9 Å². The van der Waals surface area contributed by atoms with Crippen molar-refractivity contribution in [3.05, 3.63) is 0 Å². The Kier molecular flexibility index (Phi) is 8.77. The number of hydrogen-bond acceptors (Lipinski definition) is 4. The van der Waals surface area contributed by atoms with Gasteiger partial charge in [-0.05, 0) is 13.8 Å². The van der Waals surface area contributed by atoms with E-state index < -0.39 is 0 Å². The van der Waals surface area contributed by atoms with Crippen LogP contribution in [0.4, 0.5) is 0 Å². The number of nitrogens with one attached hydrogen (secondary N) is 3. The molecule has 122 valence electrons. The van der Waals surface area contributed by atoms with E-state index in [2.05, 4.69) is 25.8 Å². The first-order valence-electron chi connectivity index (χ1n) is 7.66. The zero-order valence-corrected chi connectivity index (χ0v) is 13.4. The number of morpholine rings is 1. The minimum atomic E-state index is 0.0567. The van der Waals surface area contributed by atoms with Gasteiger partial charge in [-0.3, -0.25) is 14.7 Å². The summed E-state index contributed by atoms with van der Waals surface area (Å²) in [5.41, 5.74) is 0. The quantitative estimate of drug-likeness (QED) is 0.432. The predicted molar refractivity (Wildman–Crippen MR) is 84.5 cm³/mol. The van der Waals surface area contributed by atoms with Crippen LogP contribution in [0.2, 0.25) is 0 Å². The lowest BCUT2D eigenvalue weighted by atomic mass is 10.3. The molecule has 21 heavy (non-hydrogen) atoms. The standard InChI is InChI=1S/C14H29N5O2/c1-12(2)18-13(20)4-5-16-14(15-3)17-6-7-19-8-10-21-11-9-19/h12H,4-11H2,1-3H3,(H,18,20)(H2,15,16,17). The fourth-order valence-corrected chi connectivity index (χ4v) is 2.07. The zero-order chi connectivity index (χ0) is 15.5. The summed E-state index contributed by atoms with van der Waals surface area (Å²) >= 11 is 0. The largest absolute Gasteiger partial charge is 0.379 e. The maximum Gasteiger partial charge on any atom is 0.221 e. The van der Waals surface area contributed by atoms with Gasteiger partial charge in [-0.25, -0.2) is 0 Å². The Bertz CT molecular complexity index is 327. The molecule has 7 heteroatoms. The molecule has 1 amide bonds. The summed E-state index contributed by atoms with van der Waals surface area (Å²) in [4.78, 5) is 18.0. The van der Waals surface area contributed by atoms with E-state index >= 15 is 0 Å². The summed E-state index contributed by atoms with van der Waals surface area (Å²) in [5.74, 6) is 0.793. The molecule has 1 fully saturated rings. The molecule has 0 bridgehead atoms. The van der Waals surface area contributed by atoms with E-state index in [1.165, 1.54) is 0 Å². The Morgan fingerprint density at radius 1 is 1.24 bits per heavy atom. The molecule has 7 nitrogen and oxygen atoms in total. The third kappa shape index (κ3) is 8.52. The van der Waals surface area contributed by atoms with Crippen LogP contribution in [-0.4, -0.2) is 75.8 Å². The van der Waals surface area contributed by atoms with Gasteiger partial charge in [0.05, 0.1) is 13.2 Å². The van der Waals surface area contributed by atoms with E-state index in [0.717, 1.165) is 45.4 Å². The van der Waals surface area contributed by atoms with Crippen LogP contribution in [0.1, 0.15) is 20.3 Å². The summed E-state index contributed by atoms with van der Waals surface area (Å²) in [5, 5.41) is 9.27. The lowest BCUT2D eigenvalue weighted by Gasteiger charge is -2.26. The van der Waals surface area contributed by atoms with E-state index in [4.69, 9.17) is 4.74 Å². The zero-order valence-electron chi connectivity index (χ0n) is 13.4. The molecule has 0 aromatic heterocycles. The molecule has 0 radical (unpaired) electrons. The van der Waals surface area contributed by atoms with Crippen molar-refractivity contribution in [2.24, 2.45) is 4.99 Å². The van der Waals surface area contributed by atoms with E-state index in [-0.39, 0.29) is 11.9 Å². The van der Waals surface area contributed by atoms with Crippen molar-refractivity contribution in [3.63, 3.8) is 0 Å². The van der Waals surface area contributed by atoms with Crippen molar-refractivity contribution >= 4 is 11.9 Å². The first kappa shape index (κ1) is 17.7. The minimum Gasteiger partial charge on any atom is -0.379 e. The van der Waals surface area contributed by atoms with Gasteiger partial charge in [-0.15, -0.1) is 0 Å². The van der Waals surface area contributed by atoms with Gasteiger partial charge in [0, 0.05) is 52.2 Å². The smallest absolute Gasteiger partial charge is 0.221 e. The molecule has 1 aliphatic rings. The van der Waals surface area contributed by atoms with Gasteiger partial charge in [0.2, 0.25) is 5.91 Å². The summed E-state index contributed by atoms with van der Waals surface area (Å²) in [6.45, 7) is 9.91. The molecule has 0 aromatic rings. The van der Waals surface area contributed by atoms with Crippen molar-refractivity contribution in [2.45, 2.75) is 26.3 Å². The van der Waals surface area contributed by atoms with Crippen molar-refractivity contribution < 1.29 is 9.53 Å². The van der Waals surface area contributed by atoms with Gasteiger partial charge < -0.3 is 20.7 Å². The molecular formula is C14H29N5O2.